The van der Waals surface area contributed by atoms with Crippen LogP contribution < -0.4 is 15.4 Å². The van der Waals surface area contributed by atoms with Gasteiger partial charge in [-0.3, -0.25) is 4.79 Å². The van der Waals surface area contributed by atoms with Gasteiger partial charge >= 0.3 is 0 Å². The summed E-state index contributed by atoms with van der Waals surface area (Å²) in [6.45, 7) is 0. The first kappa shape index (κ1) is 17.3. The van der Waals surface area contributed by atoms with Crippen LogP contribution >= 0.6 is 0 Å². The number of hydrogen-bond acceptors (Lipinski definition) is 4. The first-order chi connectivity index (χ1) is 12.6. The molecule has 5 nitrogen and oxygen atoms in total. The second-order valence-corrected chi connectivity index (χ2v) is 5.34. The molecular formula is C19H15F2N3O2. The van der Waals surface area contributed by atoms with Gasteiger partial charge in [-0.1, -0.05) is 6.07 Å². The Morgan fingerprint density at radius 1 is 0.962 bits per heavy atom. The SMILES string of the molecule is COc1ccc(Nc2ccc(NC(=O)c3c(F)cccc3F)cn2)cc1. The van der Waals surface area contributed by atoms with Gasteiger partial charge in [0, 0.05) is 5.69 Å². The van der Waals surface area contributed by atoms with E-state index in [1.54, 1.807) is 31.4 Å². The van der Waals surface area contributed by atoms with Crippen molar-refractivity contribution < 1.29 is 18.3 Å². The Hall–Kier alpha value is -3.48. The van der Waals surface area contributed by atoms with Crippen LogP contribution in [0.3, 0.4) is 0 Å². The van der Waals surface area contributed by atoms with Crippen molar-refractivity contribution in [2.24, 2.45) is 0 Å². The van der Waals surface area contributed by atoms with E-state index in [1.165, 1.54) is 12.3 Å². The number of ether oxygens (including phenoxy) is 1. The summed E-state index contributed by atoms with van der Waals surface area (Å²) < 4.78 is 32.3. The molecule has 3 rings (SSSR count). The smallest absolute Gasteiger partial charge is 0.261 e. The number of halogens is 2. The third kappa shape index (κ3) is 3.94. The van der Waals surface area contributed by atoms with E-state index < -0.39 is 23.1 Å². The first-order valence-electron chi connectivity index (χ1n) is 7.69. The molecule has 0 atom stereocenters. The summed E-state index contributed by atoms with van der Waals surface area (Å²) in [5.74, 6) is -1.44. The first-order valence-corrected chi connectivity index (χ1v) is 7.69. The summed E-state index contributed by atoms with van der Waals surface area (Å²) in [5, 5.41) is 5.51. The summed E-state index contributed by atoms with van der Waals surface area (Å²) in [4.78, 5) is 16.2. The van der Waals surface area contributed by atoms with Crippen molar-refractivity contribution in [3.8, 4) is 5.75 Å². The molecular weight excluding hydrogens is 340 g/mol. The number of methoxy groups -OCH3 is 1. The zero-order chi connectivity index (χ0) is 18.5. The van der Waals surface area contributed by atoms with Crippen LogP contribution in [0, 0.1) is 11.6 Å². The Labute approximate surface area is 148 Å². The molecule has 3 aromatic rings. The van der Waals surface area contributed by atoms with E-state index in [0.717, 1.165) is 23.6 Å². The zero-order valence-electron chi connectivity index (χ0n) is 13.8. The van der Waals surface area contributed by atoms with Crippen molar-refractivity contribution in [1.29, 1.82) is 0 Å². The van der Waals surface area contributed by atoms with Crippen LogP contribution in [0.4, 0.5) is 26.0 Å². The Kier molecular flexibility index (Phi) is 5.07. The minimum atomic E-state index is -0.923. The van der Waals surface area contributed by atoms with Crippen LogP contribution in [0.1, 0.15) is 10.4 Å². The van der Waals surface area contributed by atoms with E-state index in [2.05, 4.69) is 15.6 Å². The molecule has 7 heteroatoms. The molecule has 1 aromatic heterocycles. The maximum Gasteiger partial charge on any atom is 0.261 e. The number of rotatable bonds is 5. The molecule has 0 saturated carbocycles. The predicted molar refractivity (Wildman–Crippen MR) is 94.8 cm³/mol. The molecule has 2 aromatic carbocycles. The lowest BCUT2D eigenvalue weighted by Crippen LogP contribution is -2.16. The largest absolute Gasteiger partial charge is 0.497 e. The topological polar surface area (TPSA) is 63.2 Å². The lowest BCUT2D eigenvalue weighted by molar-refractivity contribution is 0.101. The quantitative estimate of drug-likeness (QED) is 0.714. The van der Waals surface area contributed by atoms with Gasteiger partial charge in [0.2, 0.25) is 0 Å². The molecule has 0 unspecified atom stereocenters. The number of nitrogens with zero attached hydrogens (tertiary/aromatic N) is 1. The van der Waals surface area contributed by atoms with Gasteiger partial charge in [0.15, 0.2) is 0 Å². The summed E-state index contributed by atoms with van der Waals surface area (Å²) in [7, 11) is 1.59. The Balaban J connectivity index is 1.68. The maximum atomic E-state index is 13.6. The number of carbonyl (C=O) groups is 1. The molecule has 0 aliphatic rings. The lowest BCUT2D eigenvalue weighted by atomic mass is 10.2. The lowest BCUT2D eigenvalue weighted by Gasteiger charge is -2.09. The number of amides is 1. The number of carbonyl (C=O) groups excluding carboxylic acids is 1. The fourth-order valence-electron chi connectivity index (χ4n) is 2.27. The van der Waals surface area contributed by atoms with Gasteiger partial charge in [-0.25, -0.2) is 13.8 Å². The Bertz CT molecular complexity index is 893. The van der Waals surface area contributed by atoms with Crippen LogP contribution in [0.5, 0.6) is 5.75 Å². The van der Waals surface area contributed by atoms with Gasteiger partial charge in [-0.2, -0.15) is 0 Å². The van der Waals surface area contributed by atoms with E-state index in [0.29, 0.717) is 11.5 Å². The molecule has 132 valence electrons. The molecule has 0 fully saturated rings. The minimum Gasteiger partial charge on any atom is -0.497 e. The normalized spacial score (nSPS) is 10.3. The number of hydrogen-bond donors (Lipinski definition) is 2. The van der Waals surface area contributed by atoms with Gasteiger partial charge < -0.3 is 15.4 Å². The third-order valence-corrected chi connectivity index (χ3v) is 3.57. The highest BCUT2D eigenvalue weighted by Crippen LogP contribution is 2.20. The van der Waals surface area contributed by atoms with E-state index in [9.17, 15) is 13.6 Å². The van der Waals surface area contributed by atoms with E-state index in [4.69, 9.17) is 4.74 Å². The van der Waals surface area contributed by atoms with E-state index in [1.807, 2.05) is 12.1 Å². The number of pyridine rings is 1. The van der Waals surface area contributed by atoms with Gasteiger partial charge in [0.05, 0.1) is 19.0 Å². The Morgan fingerprint density at radius 3 is 2.19 bits per heavy atom. The molecule has 0 aliphatic heterocycles. The molecule has 0 spiro atoms. The van der Waals surface area contributed by atoms with Crippen molar-refractivity contribution in [3.63, 3.8) is 0 Å². The standard InChI is InChI=1S/C19H15F2N3O2/c1-26-14-8-5-12(6-9-14)23-17-10-7-13(11-22-17)24-19(25)18-15(20)3-2-4-16(18)21/h2-11H,1H3,(H,22,23)(H,24,25). The third-order valence-electron chi connectivity index (χ3n) is 3.57. The number of anilines is 3. The van der Waals surface area contributed by atoms with Crippen molar-refractivity contribution in [2.75, 3.05) is 17.7 Å². The molecule has 1 amide bonds. The fourth-order valence-corrected chi connectivity index (χ4v) is 2.27. The van der Waals surface area contributed by atoms with Crippen molar-refractivity contribution in [1.82, 2.24) is 4.98 Å². The number of benzene rings is 2. The van der Waals surface area contributed by atoms with Crippen molar-refractivity contribution in [3.05, 3.63) is 78.0 Å². The van der Waals surface area contributed by atoms with E-state index >= 15 is 0 Å². The van der Waals surface area contributed by atoms with Gasteiger partial charge in [0.25, 0.3) is 5.91 Å². The maximum absolute atomic E-state index is 13.6. The summed E-state index contributed by atoms with van der Waals surface area (Å²) >= 11 is 0. The van der Waals surface area contributed by atoms with Crippen LogP contribution in [-0.2, 0) is 0 Å². The molecule has 2 N–H and O–H groups in total. The van der Waals surface area contributed by atoms with Gasteiger partial charge in [-0.15, -0.1) is 0 Å². The monoisotopic (exact) mass is 355 g/mol. The average Bonchev–Trinajstić information content (AvgIpc) is 2.64. The summed E-state index contributed by atoms with van der Waals surface area (Å²) in [6.07, 6.45) is 1.39. The molecule has 1 heterocycles. The molecule has 0 bridgehead atoms. The second-order valence-electron chi connectivity index (χ2n) is 5.34. The highest BCUT2D eigenvalue weighted by atomic mass is 19.1. The van der Waals surface area contributed by atoms with Gasteiger partial charge in [0.1, 0.15) is 28.8 Å². The number of nitrogens with one attached hydrogen (secondary N) is 2. The molecule has 26 heavy (non-hydrogen) atoms. The van der Waals surface area contributed by atoms with Crippen molar-refractivity contribution >= 4 is 23.1 Å². The highest BCUT2D eigenvalue weighted by molar-refractivity contribution is 6.04. The summed E-state index contributed by atoms with van der Waals surface area (Å²) in [5.41, 5.74) is 0.495. The summed E-state index contributed by atoms with van der Waals surface area (Å²) in [6, 6.07) is 13.7. The van der Waals surface area contributed by atoms with Gasteiger partial charge in [-0.05, 0) is 48.5 Å². The zero-order valence-corrected chi connectivity index (χ0v) is 13.8. The van der Waals surface area contributed by atoms with Crippen LogP contribution in [0.15, 0.2) is 60.8 Å². The van der Waals surface area contributed by atoms with Crippen LogP contribution in [-0.4, -0.2) is 18.0 Å². The Morgan fingerprint density at radius 2 is 1.62 bits per heavy atom. The fraction of sp³-hybridized carbons (Fsp3) is 0.0526. The second kappa shape index (κ2) is 7.60. The predicted octanol–water partition coefficient (Wildman–Crippen LogP) is 4.36. The van der Waals surface area contributed by atoms with Crippen LogP contribution in [0.2, 0.25) is 0 Å². The molecule has 0 aliphatic carbocycles. The van der Waals surface area contributed by atoms with Crippen molar-refractivity contribution in [2.45, 2.75) is 0 Å². The molecule has 0 saturated heterocycles. The van der Waals surface area contributed by atoms with E-state index in [-0.39, 0.29) is 0 Å². The number of aromatic nitrogens is 1. The average molecular weight is 355 g/mol. The molecule has 0 radical (unpaired) electrons. The highest BCUT2D eigenvalue weighted by Gasteiger charge is 2.17. The minimum absolute atomic E-state index is 0.318. The van der Waals surface area contributed by atoms with Crippen LogP contribution in [0.25, 0.3) is 0 Å².